The number of rotatable bonds is 0. The number of carbonyl (C=O) groups is 1. The molecular formula is C10H17NO2. The lowest BCUT2D eigenvalue weighted by atomic mass is 9.94. The molecule has 1 heterocycles. The molecule has 1 aliphatic carbocycles. The topological polar surface area (TPSA) is 38.3 Å². The van der Waals surface area contributed by atoms with Crippen molar-refractivity contribution in [2.75, 3.05) is 6.54 Å². The molecule has 2 unspecified atom stereocenters. The zero-order valence-corrected chi connectivity index (χ0v) is 8.14. The van der Waals surface area contributed by atoms with E-state index in [1.807, 2.05) is 0 Å². The van der Waals surface area contributed by atoms with Gasteiger partial charge < -0.3 is 10.1 Å². The van der Waals surface area contributed by atoms with E-state index in [-0.39, 0.29) is 11.7 Å². The van der Waals surface area contributed by atoms with Crippen LogP contribution >= 0.6 is 0 Å². The molecule has 0 aromatic heterocycles. The summed E-state index contributed by atoms with van der Waals surface area (Å²) in [6.07, 6.45) is 5.50. The first-order valence-electron chi connectivity index (χ1n) is 5.17. The lowest BCUT2D eigenvalue weighted by molar-refractivity contribution is 0.0435. The van der Waals surface area contributed by atoms with E-state index in [9.17, 15) is 4.79 Å². The van der Waals surface area contributed by atoms with Crippen molar-refractivity contribution in [2.24, 2.45) is 5.92 Å². The molecule has 74 valence electrons. The van der Waals surface area contributed by atoms with Crippen molar-refractivity contribution in [1.29, 1.82) is 0 Å². The maximum Gasteiger partial charge on any atom is 0.407 e. The first kappa shape index (κ1) is 8.85. The summed E-state index contributed by atoms with van der Waals surface area (Å²) in [5.41, 5.74) is -0.151. The van der Waals surface area contributed by atoms with Crippen molar-refractivity contribution < 1.29 is 9.53 Å². The zero-order valence-electron chi connectivity index (χ0n) is 8.14. The van der Waals surface area contributed by atoms with E-state index in [4.69, 9.17) is 4.74 Å². The molecule has 1 amide bonds. The summed E-state index contributed by atoms with van der Waals surface area (Å²) < 4.78 is 5.37. The van der Waals surface area contributed by atoms with Crippen molar-refractivity contribution >= 4 is 6.09 Å². The van der Waals surface area contributed by atoms with E-state index in [0.29, 0.717) is 0 Å². The quantitative estimate of drug-likeness (QED) is 0.624. The number of ether oxygens (including phenoxy) is 1. The highest BCUT2D eigenvalue weighted by molar-refractivity contribution is 5.70. The minimum atomic E-state index is -0.227. The van der Waals surface area contributed by atoms with Gasteiger partial charge in [0.2, 0.25) is 0 Å². The molecule has 3 nitrogen and oxygen atoms in total. The Morgan fingerprint density at radius 2 is 2.31 bits per heavy atom. The SMILES string of the molecule is CC1CCCC2(CC1)CNC(=O)O2. The first-order valence-corrected chi connectivity index (χ1v) is 5.17. The van der Waals surface area contributed by atoms with Crippen molar-refractivity contribution in [3.05, 3.63) is 0 Å². The van der Waals surface area contributed by atoms with E-state index in [0.717, 1.165) is 25.3 Å². The van der Waals surface area contributed by atoms with E-state index in [2.05, 4.69) is 12.2 Å². The van der Waals surface area contributed by atoms with Crippen molar-refractivity contribution in [1.82, 2.24) is 5.32 Å². The second kappa shape index (κ2) is 3.20. The molecule has 1 spiro atoms. The summed E-state index contributed by atoms with van der Waals surface area (Å²) in [5.74, 6) is 0.790. The molecule has 1 saturated carbocycles. The van der Waals surface area contributed by atoms with Crippen LogP contribution in [0.15, 0.2) is 0 Å². The lowest BCUT2D eigenvalue weighted by Crippen LogP contribution is -2.32. The highest BCUT2D eigenvalue weighted by atomic mass is 16.6. The second-order valence-electron chi connectivity index (χ2n) is 4.46. The number of hydrogen-bond donors (Lipinski definition) is 1. The lowest BCUT2D eigenvalue weighted by Gasteiger charge is -2.24. The zero-order chi connectivity index (χ0) is 9.31. The fourth-order valence-corrected chi connectivity index (χ4v) is 2.33. The molecule has 2 rings (SSSR count). The van der Waals surface area contributed by atoms with Gasteiger partial charge in [-0.2, -0.15) is 0 Å². The van der Waals surface area contributed by atoms with E-state index in [1.165, 1.54) is 19.3 Å². The van der Waals surface area contributed by atoms with Gasteiger partial charge in [-0.3, -0.25) is 0 Å². The molecule has 0 bridgehead atoms. The van der Waals surface area contributed by atoms with Crippen LogP contribution < -0.4 is 5.32 Å². The molecule has 2 aliphatic rings. The van der Waals surface area contributed by atoms with Crippen LogP contribution in [0, 0.1) is 5.92 Å². The van der Waals surface area contributed by atoms with E-state index < -0.39 is 0 Å². The second-order valence-corrected chi connectivity index (χ2v) is 4.46. The smallest absolute Gasteiger partial charge is 0.407 e. The third-order valence-electron chi connectivity index (χ3n) is 3.29. The minimum absolute atomic E-state index is 0.151. The van der Waals surface area contributed by atoms with Crippen molar-refractivity contribution in [2.45, 2.75) is 44.6 Å². The van der Waals surface area contributed by atoms with Gasteiger partial charge in [-0.05, 0) is 31.6 Å². The Hall–Kier alpha value is -0.730. The average molecular weight is 183 g/mol. The molecule has 13 heavy (non-hydrogen) atoms. The number of carbonyl (C=O) groups excluding carboxylic acids is 1. The van der Waals surface area contributed by atoms with Crippen LogP contribution in [0.5, 0.6) is 0 Å². The predicted molar refractivity (Wildman–Crippen MR) is 49.5 cm³/mol. The van der Waals surface area contributed by atoms with Crippen LogP contribution in [0.1, 0.15) is 39.0 Å². The Kier molecular flexibility index (Phi) is 2.18. The Labute approximate surface area is 78.8 Å². The Bertz CT molecular complexity index is 217. The van der Waals surface area contributed by atoms with E-state index >= 15 is 0 Å². The molecule has 0 aromatic rings. The summed E-state index contributed by atoms with van der Waals surface area (Å²) in [6.45, 7) is 3.00. The van der Waals surface area contributed by atoms with Gasteiger partial charge in [-0.1, -0.05) is 13.3 Å². The molecule has 0 radical (unpaired) electrons. The van der Waals surface area contributed by atoms with Gasteiger partial charge in [0.1, 0.15) is 5.60 Å². The Morgan fingerprint density at radius 1 is 1.46 bits per heavy atom. The molecule has 1 aliphatic heterocycles. The van der Waals surface area contributed by atoms with Crippen molar-refractivity contribution in [3.8, 4) is 0 Å². The number of alkyl carbamates (subject to hydrolysis) is 1. The van der Waals surface area contributed by atoms with Crippen LogP contribution in [-0.2, 0) is 4.74 Å². The highest BCUT2D eigenvalue weighted by Crippen LogP contribution is 2.34. The van der Waals surface area contributed by atoms with Crippen molar-refractivity contribution in [3.63, 3.8) is 0 Å². The number of nitrogens with one attached hydrogen (secondary N) is 1. The van der Waals surface area contributed by atoms with Gasteiger partial charge >= 0.3 is 6.09 Å². The van der Waals surface area contributed by atoms with Crippen LogP contribution in [-0.4, -0.2) is 18.2 Å². The monoisotopic (exact) mass is 183 g/mol. The number of amides is 1. The predicted octanol–water partition coefficient (Wildman–Crippen LogP) is 2.07. The van der Waals surface area contributed by atoms with Gasteiger partial charge in [0, 0.05) is 0 Å². The Balaban J connectivity index is 2.02. The fraction of sp³-hybridized carbons (Fsp3) is 0.900. The average Bonchev–Trinajstić information content (AvgIpc) is 2.35. The molecular weight excluding hydrogens is 166 g/mol. The first-order chi connectivity index (χ1) is 6.20. The number of hydrogen-bond acceptors (Lipinski definition) is 2. The maximum atomic E-state index is 11.0. The molecule has 2 atom stereocenters. The summed E-state index contributed by atoms with van der Waals surface area (Å²) in [5, 5.41) is 2.76. The highest BCUT2D eigenvalue weighted by Gasteiger charge is 2.40. The summed E-state index contributed by atoms with van der Waals surface area (Å²) in [6, 6.07) is 0. The third-order valence-corrected chi connectivity index (χ3v) is 3.29. The standard InChI is InChI=1S/C10H17NO2/c1-8-3-2-5-10(6-4-8)7-11-9(12)13-10/h8H,2-7H2,1H3,(H,11,12). The van der Waals surface area contributed by atoms with Crippen LogP contribution in [0.25, 0.3) is 0 Å². The van der Waals surface area contributed by atoms with Crippen LogP contribution in [0.2, 0.25) is 0 Å². The summed E-state index contributed by atoms with van der Waals surface area (Å²) in [7, 11) is 0. The van der Waals surface area contributed by atoms with Gasteiger partial charge in [0.25, 0.3) is 0 Å². The molecule has 1 N–H and O–H groups in total. The molecule has 3 heteroatoms. The van der Waals surface area contributed by atoms with Crippen LogP contribution in [0.4, 0.5) is 4.79 Å². The molecule has 2 fully saturated rings. The fourth-order valence-electron chi connectivity index (χ4n) is 2.33. The van der Waals surface area contributed by atoms with Crippen LogP contribution in [0.3, 0.4) is 0 Å². The van der Waals surface area contributed by atoms with Gasteiger partial charge in [0.05, 0.1) is 6.54 Å². The normalized spacial score (nSPS) is 39.8. The summed E-state index contributed by atoms with van der Waals surface area (Å²) in [4.78, 5) is 11.0. The van der Waals surface area contributed by atoms with Gasteiger partial charge in [-0.15, -0.1) is 0 Å². The largest absolute Gasteiger partial charge is 0.441 e. The van der Waals surface area contributed by atoms with E-state index in [1.54, 1.807) is 0 Å². The van der Waals surface area contributed by atoms with Gasteiger partial charge in [0.15, 0.2) is 0 Å². The molecule has 1 saturated heterocycles. The third kappa shape index (κ3) is 1.79. The summed E-state index contributed by atoms with van der Waals surface area (Å²) >= 11 is 0. The van der Waals surface area contributed by atoms with Gasteiger partial charge in [-0.25, -0.2) is 4.79 Å². The Morgan fingerprint density at radius 3 is 3.00 bits per heavy atom. The minimum Gasteiger partial charge on any atom is -0.441 e. The molecule has 0 aromatic carbocycles. The maximum absolute atomic E-state index is 11.0.